The average Bonchev–Trinajstić information content (AvgIpc) is 3.89. The summed E-state index contributed by atoms with van der Waals surface area (Å²) >= 11 is 0. The van der Waals surface area contributed by atoms with Crippen LogP contribution in [0.25, 0.3) is 98.7 Å². The number of rotatable bonds is 3. The van der Waals surface area contributed by atoms with E-state index in [1.165, 1.54) is 110 Å². The van der Waals surface area contributed by atoms with Gasteiger partial charge in [0.15, 0.2) is 0 Å². The smallest absolute Gasteiger partial charge is 0.333 e. The van der Waals surface area contributed by atoms with Crippen molar-refractivity contribution in [1.82, 2.24) is 4.48 Å². The highest BCUT2D eigenvalue weighted by Gasteiger charge is 2.45. The number of nitrogens with zero attached hydrogens (tertiary/aromatic N) is 2. The van der Waals surface area contributed by atoms with E-state index in [4.69, 9.17) is 4.42 Å². The SMILES string of the molecule is CC(C)(C)c1c2ccccc2c(C(C)(C)C)c2cc3c(cc12)B1c2c(cc4c(oc5ccccc54)c2-c2cccc4c5ccccc5n1c24)N3c1cc(-c2ccccc2)cc(-c2ccccc2)c1. The summed E-state index contributed by atoms with van der Waals surface area (Å²) in [6.45, 7) is 14.2. The van der Waals surface area contributed by atoms with Gasteiger partial charge in [0.1, 0.15) is 11.2 Å². The Bertz CT molecular complexity index is 4050. The molecule has 0 N–H and O–H groups in total. The Kier molecular flexibility index (Phi) is 8.03. The first kappa shape index (κ1) is 39.4. The summed E-state index contributed by atoms with van der Waals surface area (Å²) in [7, 11) is 0. The first-order valence-electron chi connectivity index (χ1n) is 24.1. The van der Waals surface area contributed by atoms with Gasteiger partial charge in [-0.1, -0.05) is 187 Å². The van der Waals surface area contributed by atoms with Crippen LogP contribution >= 0.6 is 0 Å². The predicted octanol–water partition coefficient (Wildman–Crippen LogP) is 16.3. The highest BCUT2D eigenvalue weighted by molar-refractivity contribution is 6.90. The number of benzene rings is 10. The van der Waals surface area contributed by atoms with E-state index >= 15 is 0 Å². The van der Waals surface area contributed by atoms with Crippen molar-refractivity contribution in [3.63, 3.8) is 0 Å². The second-order valence-electron chi connectivity index (χ2n) is 21.2. The zero-order chi connectivity index (χ0) is 45.8. The number of hydrogen-bond donors (Lipinski definition) is 0. The van der Waals surface area contributed by atoms with Crippen LogP contribution in [0.15, 0.2) is 192 Å². The van der Waals surface area contributed by atoms with Crippen molar-refractivity contribution in [2.24, 2.45) is 0 Å². The van der Waals surface area contributed by atoms with Crippen LogP contribution in [-0.2, 0) is 10.8 Å². The maximum Gasteiger partial charge on any atom is 0.333 e. The topological polar surface area (TPSA) is 21.3 Å². The minimum absolute atomic E-state index is 0.151. The number of fused-ring (bicyclic) bond motifs is 13. The van der Waals surface area contributed by atoms with E-state index < -0.39 is 0 Å². The third-order valence-corrected chi connectivity index (χ3v) is 15.1. The van der Waals surface area contributed by atoms with Crippen molar-refractivity contribution >= 4 is 100 Å². The molecular formula is C64H49BN2O. The Labute approximate surface area is 397 Å². The Morgan fingerprint density at radius 3 is 1.62 bits per heavy atom. The Hall–Kier alpha value is -7.82. The lowest BCUT2D eigenvalue weighted by Gasteiger charge is -2.41. The van der Waals surface area contributed by atoms with Gasteiger partial charge in [0.05, 0.1) is 0 Å². The molecular weight excluding hydrogens is 824 g/mol. The molecule has 0 aliphatic carbocycles. The molecule has 324 valence electrons. The zero-order valence-electron chi connectivity index (χ0n) is 39.3. The van der Waals surface area contributed by atoms with Crippen LogP contribution in [0.3, 0.4) is 0 Å². The fraction of sp³-hybridized carbons (Fsp3) is 0.125. The van der Waals surface area contributed by atoms with Crippen molar-refractivity contribution < 1.29 is 4.42 Å². The average molecular weight is 873 g/mol. The molecule has 68 heavy (non-hydrogen) atoms. The molecule has 2 aliphatic rings. The molecule has 0 saturated carbocycles. The van der Waals surface area contributed by atoms with Crippen molar-refractivity contribution in [1.29, 1.82) is 0 Å². The van der Waals surface area contributed by atoms with E-state index in [-0.39, 0.29) is 17.7 Å². The second-order valence-corrected chi connectivity index (χ2v) is 21.2. The van der Waals surface area contributed by atoms with Gasteiger partial charge in [-0.2, -0.15) is 0 Å². The van der Waals surface area contributed by atoms with Crippen molar-refractivity contribution in [2.75, 3.05) is 4.90 Å². The second kappa shape index (κ2) is 13.9. The van der Waals surface area contributed by atoms with E-state index in [9.17, 15) is 0 Å². The molecule has 2 aromatic heterocycles. The first-order valence-corrected chi connectivity index (χ1v) is 24.1. The van der Waals surface area contributed by atoms with Gasteiger partial charge in [-0.05, 0) is 119 Å². The highest BCUT2D eigenvalue weighted by Crippen LogP contribution is 2.52. The van der Waals surface area contributed by atoms with E-state index in [0.717, 1.165) is 27.6 Å². The summed E-state index contributed by atoms with van der Waals surface area (Å²) in [6.07, 6.45) is 0. The molecule has 2 aliphatic heterocycles. The summed E-state index contributed by atoms with van der Waals surface area (Å²) in [5, 5.41) is 10.1. The van der Waals surface area contributed by atoms with Crippen molar-refractivity contribution in [3.8, 4) is 33.4 Å². The van der Waals surface area contributed by atoms with Gasteiger partial charge in [0, 0.05) is 60.8 Å². The maximum atomic E-state index is 7.13. The van der Waals surface area contributed by atoms with Crippen LogP contribution < -0.4 is 15.8 Å². The molecule has 0 saturated heterocycles. The minimum Gasteiger partial charge on any atom is -0.455 e. The molecule has 10 aromatic carbocycles. The van der Waals surface area contributed by atoms with Crippen molar-refractivity contribution in [3.05, 3.63) is 199 Å². The Balaban J connectivity index is 1.23. The molecule has 12 aromatic rings. The maximum absolute atomic E-state index is 7.13. The number of furan rings is 1. The van der Waals surface area contributed by atoms with Gasteiger partial charge in [-0.3, -0.25) is 0 Å². The number of aromatic nitrogens is 1. The lowest BCUT2D eigenvalue weighted by atomic mass is 9.44. The fourth-order valence-electron chi connectivity index (χ4n) is 12.5. The van der Waals surface area contributed by atoms with Crippen LogP contribution in [0.2, 0.25) is 0 Å². The van der Waals surface area contributed by atoms with E-state index in [0.29, 0.717) is 0 Å². The molecule has 0 amide bonds. The van der Waals surface area contributed by atoms with Gasteiger partial charge < -0.3 is 13.8 Å². The fourth-order valence-corrected chi connectivity index (χ4v) is 12.5. The molecule has 4 heterocycles. The zero-order valence-corrected chi connectivity index (χ0v) is 39.3. The van der Waals surface area contributed by atoms with Gasteiger partial charge in [-0.25, -0.2) is 0 Å². The van der Waals surface area contributed by atoms with Crippen LogP contribution in [0, 0.1) is 0 Å². The largest absolute Gasteiger partial charge is 0.455 e. The van der Waals surface area contributed by atoms with Gasteiger partial charge in [0.25, 0.3) is 0 Å². The van der Waals surface area contributed by atoms with Gasteiger partial charge >= 0.3 is 6.85 Å². The number of hydrogen-bond acceptors (Lipinski definition) is 2. The molecule has 0 spiro atoms. The van der Waals surface area contributed by atoms with Crippen LogP contribution in [-0.4, -0.2) is 11.3 Å². The van der Waals surface area contributed by atoms with Gasteiger partial charge in [-0.15, -0.1) is 0 Å². The van der Waals surface area contributed by atoms with Crippen LogP contribution in [0.4, 0.5) is 17.1 Å². The molecule has 0 atom stereocenters. The highest BCUT2D eigenvalue weighted by atomic mass is 16.3. The molecule has 14 rings (SSSR count). The van der Waals surface area contributed by atoms with E-state index in [2.05, 4.69) is 239 Å². The lowest BCUT2D eigenvalue weighted by molar-refractivity contribution is 0.593. The van der Waals surface area contributed by atoms with Gasteiger partial charge in [0.2, 0.25) is 0 Å². The van der Waals surface area contributed by atoms with Crippen LogP contribution in [0.5, 0.6) is 0 Å². The monoisotopic (exact) mass is 872 g/mol. The molecule has 0 unspecified atom stereocenters. The Morgan fingerprint density at radius 1 is 0.426 bits per heavy atom. The number of anilines is 3. The quantitative estimate of drug-likeness (QED) is 0.130. The first-order chi connectivity index (χ1) is 33.0. The van der Waals surface area contributed by atoms with Crippen molar-refractivity contribution in [2.45, 2.75) is 52.4 Å². The molecule has 0 radical (unpaired) electrons. The summed E-state index contributed by atoms with van der Waals surface area (Å²) in [5.74, 6) is 0. The van der Waals surface area contributed by atoms with Crippen LogP contribution in [0.1, 0.15) is 52.7 Å². The van der Waals surface area contributed by atoms with E-state index in [1.54, 1.807) is 0 Å². The molecule has 0 bridgehead atoms. The minimum atomic E-state index is -0.158. The van der Waals surface area contributed by atoms with E-state index in [1.807, 2.05) is 0 Å². The summed E-state index contributed by atoms with van der Waals surface area (Å²) in [6, 6.07) is 70.3. The third-order valence-electron chi connectivity index (χ3n) is 15.1. The number of para-hydroxylation sites is 3. The predicted molar refractivity (Wildman–Crippen MR) is 291 cm³/mol. The normalized spacial score (nSPS) is 13.4. The summed E-state index contributed by atoms with van der Waals surface area (Å²) < 4.78 is 9.81. The summed E-state index contributed by atoms with van der Waals surface area (Å²) in [4.78, 5) is 2.62. The Morgan fingerprint density at radius 2 is 0.971 bits per heavy atom. The molecule has 0 fully saturated rings. The lowest BCUT2D eigenvalue weighted by Crippen LogP contribution is -2.56. The molecule has 4 heteroatoms. The summed E-state index contributed by atoms with van der Waals surface area (Å²) in [5.41, 5.74) is 20.0. The standard InChI is InChI=1S/C64H49BN2O/c1-63(2,3)58-45-26-13-14-27-46(45)59(64(4,5)6)50-36-54-52(35-49(50)58)65-60-55(66(54)42-33-40(38-20-9-7-10-21-38)32-41(34-42)39-22-11-8-12-23-39)37-51-44-25-16-18-31-56(44)68-62(51)57(60)48-29-19-28-47-43-24-15-17-30-53(43)67(65)61(47)48/h7-37H,1-6H3. The third kappa shape index (κ3) is 5.43. The molecule has 3 nitrogen and oxygen atoms in total.